The maximum atomic E-state index is 12.2. The molecule has 2 aromatic rings. The van der Waals surface area contributed by atoms with Crippen LogP contribution in [0.2, 0.25) is 0 Å². The fraction of sp³-hybridized carbons (Fsp3) is 0.581. The average Bonchev–Trinajstić information content (AvgIpc) is 2.92. The van der Waals surface area contributed by atoms with Crippen molar-refractivity contribution in [1.82, 2.24) is 0 Å². The first-order valence-corrected chi connectivity index (χ1v) is 13.8. The van der Waals surface area contributed by atoms with Gasteiger partial charge in [0.15, 0.2) is 6.29 Å². The van der Waals surface area contributed by atoms with Crippen LogP contribution in [0.4, 0.5) is 0 Å². The van der Waals surface area contributed by atoms with Gasteiger partial charge < -0.3 is 14.2 Å². The Morgan fingerprint density at radius 2 is 1.57 bits per heavy atom. The number of unbranched alkanes of at least 4 members (excludes halogenated alkanes) is 2. The predicted molar refractivity (Wildman–Crippen MR) is 140 cm³/mol. The van der Waals surface area contributed by atoms with Crippen molar-refractivity contribution in [2.24, 2.45) is 0 Å². The summed E-state index contributed by atoms with van der Waals surface area (Å²) in [7, 11) is 0. The molecule has 190 valence electrons. The number of carbonyl (C=O) groups excluding carboxylic acids is 1. The molecule has 0 aromatic heterocycles. The highest BCUT2D eigenvalue weighted by atomic mass is 16.7. The summed E-state index contributed by atoms with van der Waals surface area (Å²) in [5.74, 6) is 0.659. The lowest BCUT2D eigenvalue weighted by Crippen LogP contribution is -2.27. The molecule has 2 fully saturated rings. The number of carbonyl (C=O) groups is 1. The quantitative estimate of drug-likeness (QED) is 0.257. The predicted octanol–water partition coefficient (Wildman–Crippen LogP) is 7.86. The van der Waals surface area contributed by atoms with Gasteiger partial charge in [-0.2, -0.15) is 0 Å². The van der Waals surface area contributed by atoms with E-state index in [0.29, 0.717) is 31.3 Å². The molecule has 4 heteroatoms. The number of esters is 1. The van der Waals surface area contributed by atoms with E-state index in [-0.39, 0.29) is 11.9 Å². The van der Waals surface area contributed by atoms with Gasteiger partial charge in [-0.3, -0.25) is 0 Å². The third-order valence-corrected chi connectivity index (χ3v) is 7.50. The van der Waals surface area contributed by atoms with Gasteiger partial charge in [0.05, 0.1) is 25.4 Å². The van der Waals surface area contributed by atoms with Gasteiger partial charge >= 0.3 is 5.97 Å². The van der Waals surface area contributed by atoms with Gasteiger partial charge in [-0.05, 0) is 66.8 Å². The molecule has 1 aliphatic heterocycles. The Morgan fingerprint density at radius 1 is 0.857 bits per heavy atom. The molecule has 35 heavy (non-hydrogen) atoms. The van der Waals surface area contributed by atoms with E-state index in [1.165, 1.54) is 62.5 Å². The molecule has 4 rings (SSSR count). The van der Waals surface area contributed by atoms with Gasteiger partial charge in [-0.15, -0.1) is 0 Å². The lowest BCUT2D eigenvalue weighted by atomic mass is 9.78. The Morgan fingerprint density at radius 3 is 2.26 bits per heavy atom. The number of aryl methyl sites for hydroxylation is 1. The number of rotatable bonds is 10. The van der Waals surface area contributed by atoms with E-state index >= 15 is 0 Å². The van der Waals surface area contributed by atoms with Crippen LogP contribution >= 0.6 is 0 Å². The zero-order chi connectivity index (χ0) is 24.5. The molecule has 1 aliphatic carbocycles. The van der Waals surface area contributed by atoms with Crippen molar-refractivity contribution in [2.75, 3.05) is 19.8 Å². The van der Waals surface area contributed by atoms with E-state index in [2.05, 4.69) is 32.0 Å². The summed E-state index contributed by atoms with van der Waals surface area (Å²) in [5.41, 5.74) is 5.94. The molecule has 2 aliphatic rings. The highest BCUT2D eigenvalue weighted by molar-refractivity contribution is 5.89. The normalized spacial score (nSPS) is 21.1. The Labute approximate surface area is 211 Å². The first-order chi connectivity index (χ1) is 17.2. The fourth-order valence-corrected chi connectivity index (χ4v) is 5.34. The van der Waals surface area contributed by atoms with Crippen LogP contribution in [0.25, 0.3) is 0 Å². The number of ether oxygens (including phenoxy) is 3. The first kappa shape index (κ1) is 25.9. The van der Waals surface area contributed by atoms with Crippen LogP contribution in [0.5, 0.6) is 0 Å². The summed E-state index contributed by atoms with van der Waals surface area (Å²) in [4.78, 5) is 12.2. The lowest BCUT2D eigenvalue weighted by Gasteiger charge is -2.33. The second-order valence-electron chi connectivity index (χ2n) is 10.2. The molecular weight excluding hydrogens is 436 g/mol. The first-order valence-electron chi connectivity index (χ1n) is 13.8. The minimum Gasteiger partial charge on any atom is -0.462 e. The highest BCUT2D eigenvalue weighted by Gasteiger charge is 2.29. The van der Waals surface area contributed by atoms with Gasteiger partial charge in [-0.25, -0.2) is 4.79 Å². The van der Waals surface area contributed by atoms with Crippen LogP contribution in [0.1, 0.15) is 122 Å². The molecule has 4 nitrogen and oxygen atoms in total. The monoisotopic (exact) mass is 478 g/mol. The number of hydrogen-bond donors (Lipinski definition) is 0. The molecule has 2 aromatic carbocycles. The van der Waals surface area contributed by atoms with E-state index in [1.54, 1.807) is 17.7 Å². The van der Waals surface area contributed by atoms with Crippen LogP contribution in [-0.2, 0) is 20.6 Å². The highest BCUT2D eigenvalue weighted by Crippen LogP contribution is 2.39. The molecule has 0 N–H and O–H groups in total. The molecular formula is C31H42O4. The van der Waals surface area contributed by atoms with Crippen molar-refractivity contribution in [2.45, 2.75) is 96.2 Å². The van der Waals surface area contributed by atoms with Gasteiger partial charge in [-0.1, -0.05) is 76.3 Å². The molecule has 0 bridgehead atoms. The third-order valence-electron chi connectivity index (χ3n) is 7.50. The Hall–Kier alpha value is -2.17. The van der Waals surface area contributed by atoms with Crippen molar-refractivity contribution in [3.8, 4) is 0 Å². The van der Waals surface area contributed by atoms with Crippen LogP contribution in [0.15, 0.2) is 42.5 Å². The lowest BCUT2D eigenvalue weighted by molar-refractivity contribution is -0.191. The smallest absolute Gasteiger partial charge is 0.338 e. The van der Waals surface area contributed by atoms with Crippen LogP contribution in [0, 0.1) is 0 Å². The zero-order valence-electron chi connectivity index (χ0n) is 21.6. The molecule has 1 saturated carbocycles. The summed E-state index contributed by atoms with van der Waals surface area (Å²) in [6, 6.07) is 14.6. The Bertz CT molecular complexity index is 921. The van der Waals surface area contributed by atoms with Crippen LogP contribution in [-0.4, -0.2) is 25.8 Å². The van der Waals surface area contributed by atoms with E-state index in [4.69, 9.17) is 14.2 Å². The average molecular weight is 479 g/mol. The summed E-state index contributed by atoms with van der Waals surface area (Å²) >= 11 is 0. The second-order valence-corrected chi connectivity index (χ2v) is 10.2. The molecule has 0 spiro atoms. The van der Waals surface area contributed by atoms with Crippen LogP contribution < -0.4 is 0 Å². The van der Waals surface area contributed by atoms with Crippen molar-refractivity contribution < 1.29 is 19.0 Å². The Balaban J connectivity index is 1.40. The second kappa shape index (κ2) is 13.2. The standard InChI is InChI=1S/C31H42O4/c1-3-5-10-23-13-18-28(29(20-23)24-11-8-7-9-12-24)27-21-34-31(35-22-27)26-16-14-25(15-17-26)30(32)33-19-6-4-2/h13-18,20,24,27,31H,3-12,19,21-22H2,1-2H3/t27-,31-. The van der Waals surface area contributed by atoms with Gasteiger partial charge in [0.1, 0.15) is 0 Å². The summed E-state index contributed by atoms with van der Waals surface area (Å²) < 4.78 is 17.7. The molecule has 0 amide bonds. The molecule has 1 heterocycles. The van der Waals surface area contributed by atoms with Crippen molar-refractivity contribution >= 4 is 5.97 Å². The minimum atomic E-state index is -0.390. The topological polar surface area (TPSA) is 44.8 Å². The number of benzene rings is 2. The van der Waals surface area contributed by atoms with E-state index in [0.717, 1.165) is 18.4 Å². The van der Waals surface area contributed by atoms with Gasteiger partial charge in [0.25, 0.3) is 0 Å². The maximum absolute atomic E-state index is 12.2. The summed E-state index contributed by atoms with van der Waals surface area (Å²) in [6.45, 7) is 6.11. The van der Waals surface area contributed by atoms with Crippen molar-refractivity contribution in [1.29, 1.82) is 0 Å². The van der Waals surface area contributed by atoms with E-state index in [9.17, 15) is 4.79 Å². The zero-order valence-corrected chi connectivity index (χ0v) is 21.6. The van der Waals surface area contributed by atoms with Crippen LogP contribution in [0.3, 0.4) is 0 Å². The fourth-order valence-electron chi connectivity index (χ4n) is 5.34. The molecule has 0 atom stereocenters. The number of hydrogen-bond acceptors (Lipinski definition) is 4. The largest absolute Gasteiger partial charge is 0.462 e. The minimum absolute atomic E-state index is 0.260. The maximum Gasteiger partial charge on any atom is 0.338 e. The molecule has 1 saturated heterocycles. The Kier molecular flexibility index (Phi) is 9.79. The molecule has 0 unspecified atom stereocenters. The SMILES string of the molecule is CCCCOC(=O)c1ccc([C@H]2OC[C@H](c3ccc(CCCC)cc3C3CCCCC3)CO2)cc1. The summed E-state index contributed by atoms with van der Waals surface area (Å²) in [5, 5.41) is 0. The van der Waals surface area contributed by atoms with Crippen molar-refractivity contribution in [3.05, 3.63) is 70.3 Å². The third kappa shape index (κ3) is 6.95. The molecule has 0 radical (unpaired) electrons. The summed E-state index contributed by atoms with van der Waals surface area (Å²) in [6.07, 6.45) is 11.8. The van der Waals surface area contributed by atoms with E-state index in [1.807, 2.05) is 12.1 Å². The van der Waals surface area contributed by atoms with E-state index < -0.39 is 6.29 Å². The van der Waals surface area contributed by atoms with Gasteiger partial charge in [0.2, 0.25) is 0 Å². The van der Waals surface area contributed by atoms with Gasteiger partial charge in [0, 0.05) is 11.5 Å². The van der Waals surface area contributed by atoms with Crippen molar-refractivity contribution in [3.63, 3.8) is 0 Å².